The summed E-state index contributed by atoms with van der Waals surface area (Å²) in [4.78, 5) is 29.4. The van der Waals surface area contributed by atoms with E-state index >= 15 is 0 Å². The van der Waals surface area contributed by atoms with Crippen molar-refractivity contribution in [2.45, 2.75) is 25.9 Å². The first-order valence-electron chi connectivity index (χ1n) is 9.37. The van der Waals surface area contributed by atoms with Crippen molar-refractivity contribution in [2.24, 2.45) is 0 Å². The summed E-state index contributed by atoms with van der Waals surface area (Å²) < 4.78 is 0. The number of para-hydroxylation sites is 1. The van der Waals surface area contributed by atoms with E-state index < -0.39 is 0 Å². The Labute approximate surface area is 183 Å². The molecule has 2 amide bonds. The smallest absolute Gasteiger partial charge is 0.230 e. The maximum Gasteiger partial charge on any atom is 0.230 e. The van der Waals surface area contributed by atoms with Gasteiger partial charge in [0.05, 0.1) is 11.4 Å². The van der Waals surface area contributed by atoms with Gasteiger partial charge in [-0.05, 0) is 29.7 Å². The van der Waals surface area contributed by atoms with Gasteiger partial charge in [-0.1, -0.05) is 63.9 Å². The molecule has 2 aromatic carbocycles. The van der Waals surface area contributed by atoms with Crippen molar-refractivity contribution in [3.63, 3.8) is 0 Å². The number of aromatic amines is 1. The lowest BCUT2D eigenvalue weighted by Crippen LogP contribution is -2.46. The molecule has 1 unspecified atom stereocenters. The van der Waals surface area contributed by atoms with Crippen LogP contribution in [-0.4, -0.2) is 39.6 Å². The Hall–Kier alpha value is -2.31. The summed E-state index contributed by atoms with van der Waals surface area (Å²) in [5.74, 6) is -0.182. The second kappa shape index (κ2) is 9.94. The molecular weight excluding hydrogens is 454 g/mol. The van der Waals surface area contributed by atoms with Crippen molar-refractivity contribution in [3.8, 4) is 0 Å². The number of halogens is 2. The van der Waals surface area contributed by atoms with Gasteiger partial charge in [-0.25, -0.2) is 0 Å². The van der Waals surface area contributed by atoms with E-state index in [1.807, 2.05) is 48.7 Å². The minimum absolute atomic E-state index is 0.0677. The van der Waals surface area contributed by atoms with Gasteiger partial charge in [-0.3, -0.25) is 9.59 Å². The van der Waals surface area contributed by atoms with Crippen LogP contribution in [-0.2, 0) is 22.6 Å². The highest BCUT2D eigenvalue weighted by Gasteiger charge is 2.21. The van der Waals surface area contributed by atoms with Crippen molar-refractivity contribution >= 4 is 50.2 Å². The second-order valence-electron chi connectivity index (χ2n) is 6.95. The van der Waals surface area contributed by atoms with Crippen molar-refractivity contribution in [1.29, 1.82) is 0 Å². The standard InChI is InChI=1S/C22H23BrClN3O2/c1-15(28)27(13-16-6-2-4-8-20(16)24)14-18(26-22(29)11-23)10-17-12-25-21-9-5-3-7-19(17)21/h2-9,12,18,25H,10-11,13-14H2,1H3,(H,26,29). The fraction of sp³-hybridized carbons (Fsp3) is 0.273. The summed E-state index contributed by atoms with van der Waals surface area (Å²) >= 11 is 9.48. The number of H-pyrrole nitrogens is 1. The highest BCUT2D eigenvalue weighted by molar-refractivity contribution is 9.09. The quantitative estimate of drug-likeness (QED) is 0.476. The molecule has 0 saturated carbocycles. The third-order valence-corrected chi connectivity index (χ3v) is 5.71. The average molecular weight is 477 g/mol. The Morgan fingerprint density at radius 1 is 1.14 bits per heavy atom. The zero-order chi connectivity index (χ0) is 20.8. The first-order chi connectivity index (χ1) is 14.0. The topological polar surface area (TPSA) is 65.2 Å². The van der Waals surface area contributed by atoms with Gasteiger partial charge in [0, 0.05) is 42.1 Å². The molecule has 0 radical (unpaired) electrons. The van der Waals surface area contributed by atoms with Gasteiger partial charge in [0.15, 0.2) is 0 Å². The number of hydrogen-bond acceptors (Lipinski definition) is 2. The molecule has 0 fully saturated rings. The van der Waals surface area contributed by atoms with Crippen LogP contribution in [0.4, 0.5) is 0 Å². The molecule has 2 N–H and O–H groups in total. The van der Waals surface area contributed by atoms with E-state index in [4.69, 9.17) is 11.6 Å². The van der Waals surface area contributed by atoms with Gasteiger partial charge in [0.2, 0.25) is 11.8 Å². The van der Waals surface area contributed by atoms with E-state index in [1.54, 1.807) is 4.90 Å². The summed E-state index contributed by atoms with van der Waals surface area (Å²) in [7, 11) is 0. The van der Waals surface area contributed by atoms with Gasteiger partial charge < -0.3 is 15.2 Å². The van der Waals surface area contributed by atoms with Gasteiger partial charge in [-0.2, -0.15) is 0 Å². The molecular formula is C22H23BrClN3O2. The van der Waals surface area contributed by atoms with E-state index in [0.29, 0.717) is 24.5 Å². The minimum Gasteiger partial charge on any atom is -0.361 e. The minimum atomic E-state index is -0.231. The van der Waals surface area contributed by atoms with Crippen LogP contribution in [0.2, 0.25) is 5.02 Å². The van der Waals surface area contributed by atoms with Crippen LogP contribution in [0.3, 0.4) is 0 Å². The molecule has 3 rings (SSSR count). The number of benzene rings is 2. The molecule has 0 aliphatic rings. The van der Waals surface area contributed by atoms with Crippen LogP contribution >= 0.6 is 27.5 Å². The number of alkyl halides is 1. The average Bonchev–Trinajstić information content (AvgIpc) is 3.11. The summed E-state index contributed by atoms with van der Waals surface area (Å²) in [6.45, 7) is 2.31. The predicted octanol–water partition coefficient (Wildman–Crippen LogP) is 4.29. The number of fused-ring (bicyclic) bond motifs is 1. The molecule has 1 atom stereocenters. The third-order valence-electron chi connectivity index (χ3n) is 4.83. The first-order valence-corrected chi connectivity index (χ1v) is 10.9. The zero-order valence-electron chi connectivity index (χ0n) is 16.1. The van der Waals surface area contributed by atoms with Crippen molar-refractivity contribution in [2.75, 3.05) is 11.9 Å². The van der Waals surface area contributed by atoms with E-state index in [-0.39, 0.29) is 23.2 Å². The lowest BCUT2D eigenvalue weighted by molar-refractivity contribution is -0.130. The first kappa shape index (κ1) is 21.4. The van der Waals surface area contributed by atoms with Crippen molar-refractivity contribution in [1.82, 2.24) is 15.2 Å². The number of nitrogens with one attached hydrogen (secondary N) is 2. The maximum atomic E-state index is 12.3. The number of aromatic nitrogens is 1. The fourth-order valence-corrected chi connectivity index (χ4v) is 3.75. The summed E-state index contributed by atoms with van der Waals surface area (Å²) in [5.41, 5.74) is 3.02. The Balaban J connectivity index is 1.81. The highest BCUT2D eigenvalue weighted by atomic mass is 79.9. The van der Waals surface area contributed by atoms with Crippen molar-refractivity contribution < 1.29 is 9.59 Å². The molecule has 3 aromatic rings. The van der Waals surface area contributed by atoms with Crippen LogP contribution in [0.1, 0.15) is 18.1 Å². The van der Waals surface area contributed by atoms with Gasteiger partial charge in [0.25, 0.3) is 0 Å². The van der Waals surface area contributed by atoms with Crippen LogP contribution in [0.15, 0.2) is 54.7 Å². The number of rotatable bonds is 8. The SMILES string of the molecule is CC(=O)N(Cc1ccccc1Cl)CC(Cc1c[nH]c2ccccc12)NC(=O)CBr. The molecule has 0 bridgehead atoms. The molecule has 5 nitrogen and oxygen atoms in total. The molecule has 1 aromatic heterocycles. The maximum absolute atomic E-state index is 12.3. The lowest BCUT2D eigenvalue weighted by atomic mass is 10.0. The number of hydrogen-bond donors (Lipinski definition) is 2. The number of amides is 2. The molecule has 0 spiro atoms. The molecule has 7 heteroatoms. The Kier molecular flexibility index (Phi) is 7.34. The Bertz CT molecular complexity index is 1000. The fourth-order valence-electron chi connectivity index (χ4n) is 3.40. The summed E-state index contributed by atoms with van der Waals surface area (Å²) in [6, 6.07) is 15.3. The highest BCUT2D eigenvalue weighted by Crippen LogP contribution is 2.21. The largest absolute Gasteiger partial charge is 0.361 e. The normalized spacial score (nSPS) is 12.0. The van der Waals surface area contributed by atoms with Gasteiger partial charge in [-0.15, -0.1) is 0 Å². The van der Waals surface area contributed by atoms with Crippen LogP contribution < -0.4 is 5.32 Å². The predicted molar refractivity (Wildman–Crippen MR) is 120 cm³/mol. The van der Waals surface area contributed by atoms with E-state index in [1.165, 1.54) is 6.92 Å². The Morgan fingerprint density at radius 2 is 1.86 bits per heavy atom. The molecule has 0 aliphatic heterocycles. The Morgan fingerprint density at radius 3 is 2.59 bits per heavy atom. The third kappa shape index (κ3) is 5.61. The molecule has 29 heavy (non-hydrogen) atoms. The van der Waals surface area contributed by atoms with Crippen molar-refractivity contribution in [3.05, 3.63) is 70.9 Å². The van der Waals surface area contributed by atoms with Crippen LogP contribution in [0.25, 0.3) is 10.9 Å². The molecule has 0 aliphatic carbocycles. The zero-order valence-corrected chi connectivity index (χ0v) is 18.5. The monoisotopic (exact) mass is 475 g/mol. The number of carbonyl (C=O) groups excluding carboxylic acids is 2. The molecule has 152 valence electrons. The summed E-state index contributed by atoms with van der Waals surface area (Å²) in [6.07, 6.45) is 2.57. The summed E-state index contributed by atoms with van der Waals surface area (Å²) in [5, 5.41) is 4.98. The number of carbonyl (C=O) groups is 2. The molecule has 1 heterocycles. The van der Waals surface area contributed by atoms with E-state index in [2.05, 4.69) is 32.3 Å². The van der Waals surface area contributed by atoms with E-state index in [0.717, 1.165) is 22.0 Å². The van der Waals surface area contributed by atoms with Crippen LogP contribution in [0, 0.1) is 0 Å². The molecule has 0 saturated heterocycles. The number of nitrogens with zero attached hydrogens (tertiary/aromatic N) is 1. The van der Waals surface area contributed by atoms with E-state index in [9.17, 15) is 9.59 Å². The lowest BCUT2D eigenvalue weighted by Gasteiger charge is -2.28. The van der Waals surface area contributed by atoms with Gasteiger partial charge in [0.1, 0.15) is 0 Å². The van der Waals surface area contributed by atoms with Gasteiger partial charge >= 0.3 is 0 Å². The second-order valence-corrected chi connectivity index (χ2v) is 7.92. The van der Waals surface area contributed by atoms with Crippen LogP contribution in [0.5, 0.6) is 0 Å².